The van der Waals surface area contributed by atoms with E-state index in [9.17, 15) is 0 Å². The molecule has 1 heterocycles. The van der Waals surface area contributed by atoms with Crippen LogP contribution in [-0.4, -0.2) is 37.6 Å². The Kier molecular flexibility index (Phi) is 3.74. The molecule has 0 N–H and O–H groups in total. The summed E-state index contributed by atoms with van der Waals surface area (Å²) in [5.74, 6) is 0. The van der Waals surface area contributed by atoms with Crippen molar-refractivity contribution in [1.82, 2.24) is 9.91 Å². The maximum Gasteiger partial charge on any atom is 0.227 e. The lowest BCUT2D eigenvalue weighted by Crippen LogP contribution is -2.54. The average molecular weight is 310 g/mol. The van der Waals surface area contributed by atoms with Gasteiger partial charge in [-0.3, -0.25) is 5.01 Å². The van der Waals surface area contributed by atoms with E-state index in [0.29, 0.717) is 0 Å². The number of nitrogens with zero attached hydrogens (tertiary/aromatic N) is 4. The van der Waals surface area contributed by atoms with Crippen LogP contribution >= 0.6 is 58.0 Å². The third-order valence-electron chi connectivity index (χ3n) is 1.79. The van der Waals surface area contributed by atoms with E-state index in [4.69, 9.17) is 63.3 Å². The molecular formula is C6H5Cl5N4. The Labute approximate surface area is 112 Å². The predicted octanol–water partition coefficient (Wildman–Crippen LogP) is 2.53. The van der Waals surface area contributed by atoms with Gasteiger partial charge in [0, 0.05) is 7.05 Å². The normalized spacial score (nSPS) is 22.1. The van der Waals surface area contributed by atoms with Crippen LogP contribution in [-0.2, 0) is 0 Å². The van der Waals surface area contributed by atoms with Gasteiger partial charge in [-0.2, -0.15) is 10.4 Å². The lowest BCUT2D eigenvalue weighted by Gasteiger charge is -2.37. The van der Waals surface area contributed by atoms with E-state index < -0.39 is 14.3 Å². The van der Waals surface area contributed by atoms with Gasteiger partial charge in [0.15, 0.2) is 12.4 Å². The molecular weight excluding hydrogens is 305 g/mol. The zero-order valence-corrected chi connectivity index (χ0v) is 11.1. The van der Waals surface area contributed by atoms with Crippen LogP contribution in [0, 0.1) is 11.5 Å². The van der Waals surface area contributed by atoms with Crippen molar-refractivity contribution in [2.45, 2.75) is 14.3 Å². The largest absolute Gasteiger partial charge is 0.272 e. The van der Waals surface area contributed by atoms with Gasteiger partial charge in [-0.1, -0.05) is 58.0 Å². The molecule has 1 aliphatic rings. The Bertz CT molecular complexity index is 316. The summed E-state index contributed by atoms with van der Waals surface area (Å²) in [7, 11) is 1.56. The maximum atomic E-state index is 8.79. The minimum Gasteiger partial charge on any atom is -0.272 e. The second-order valence-electron chi connectivity index (χ2n) is 2.81. The first-order valence-electron chi connectivity index (χ1n) is 3.61. The third kappa shape index (κ3) is 2.32. The lowest BCUT2D eigenvalue weighted by atomic mass is 10.3. The molecule has 0 spiro atoms. The Balaban J connectivity index is 3.03. The smallest absolute Gasteiger partial charge is 0.227 e. The minimum atomic E-state index is -1.95. The van der Waals surface area contributed by atoms with Gasteiger partial charge in [0.25, 0.3) is 0 Å². The molecule has 1 rings (SSSR count). The topological polar surface area (TPSA) is 42.6 Å². The van der Waals surface area contributed by atoms with Gasteiger partial charge in [-0.05, 0) is 0 Å². The van der Waals surface area contributed by atoms with E-state index in [0.717, 1.165) is 4.90 Å². The van der Waals surface area contributed by atoms with Crippen molar-refractivity contribution in [2.24, 2.45) is 5.10 Å². The van der Waals surface area contributed by atoms with Gasteiger partial charge < -0.3 is 0 Å². The molecule has 1 aliphatic heterocycles. The highest BCUT2D eigenvalue weighted by molar-refractivity contribution is 6.75. The van der Waals surface area contributed by atoms with Crippen LogP contribution in [0.5, 0.6) is 0 Å². The number of hydrogen-bond acceptors (Lipinski definition) is 4. The van der Waals surface area contributed by atoms with Crippen LogP contribution in [0.15, 0.2) is 5.10 Å². The first-order chi connectivity index (χ1) is 6.71. The summed E-state index contributed by atoms with van der Waals surface area (Å²) >= 11 is 28.8. The van der Waals surface area contributed by atoms with Crippen LogP contribution in [0.4, 0.5) is 0 Å². The third-order valence-corrected chi connectivity index (χ3v) is 4.23. The average Bonchev–Trinajstić information content (AvgIpc) is 2.44. The Morgan fingerprint density at radius 1 is 1.33 bits per heavy atom. The van der Waals surface area contributed by atoms with Crippen LogP contribution in [0.25, 0.3) is 0 Å². The summed E-state index contributed by atoms with van der Waals surface area (Å²) < 4.78 is -3.74. The molecule has 0 aromatic rings. The fourth-order valence-corrected chi connectivity index (χ4v) is 1.87. The van der Waals surface area contributed by atoms with Crippen LogP contribution < -0.4 is 0 Å². The van der Waals surface area contributed by atoms with Crippen molar-refractivity contribution in [3.63, 3.8) is 0 Å². The van der Waals surface area contributed by atoms with E-state index in [-0.39, 0.29) is 0 Å². The van der Waals surface area contributed by atoms with E-state index in [1.54, 1.807) is 7.05 Å². The van der Waals surface area contributed by atoms with Gasteiger partial charge in [0.05, 0.1) is 0 Å². The van der Waals surface area contributed by atoms with Crippen molar-refractivity contribution in [3.05, 3.63) is 0 Å². The predicted molar refractivity (Wildman–Crippen MR) is 62.2 cm³/mol. The van der Waals surface area contributed by atoms with Crippen molar-refractivity contribution in [1.29, 1.82) is 5.26 Å². The molecule has 4 nitrogen and oxygen atoms in total. The first-order valence-corrected chi connectivity index (χ1v) is 5.50. The van der Waals surface area contributed by atoms with Crippen LogP contribution in [0.2, 0.25) is 0 Å². The van der Waals surface area contributed by atoms with E-state index >= 15 is 0 Å². The highest BCUT2D eigenvalue weighted by Crippen LogP contribution is 2.50. The van der Waals surface area contributed by atoms with E-state index in [2.05, 4.69) is 5.10 Å². The number of nitriles is 1. The minimum absolute atomic E-state index is 0.863. The molecule has 1 atom stereocenters. The summed E-state index contributed by atoms with van der Waals surface area (Å²) in [5.41, 5.74) is 0. The van der Waals surface area contributed by atoms with Crippen LogP contribution in [0.1, 0.15) is 0 Å². The molecule has 0 amide bonds. The second kappa shape index (κ2) is 4.23. The van der Waals surface area contributed by atoms with Gasteiger partial charge in [-0.25, -0.2) is 4.90 Å². The van der Waals surface area contributed by atoms with Crippen molar-refractivity contribution >= 4 is 64.3 Å². The van der Waals surface area contributed by atoms with Gasteiger partial charge in [0.2, 0.25) is 8.13 Å². The highest BCUT2D eigenvalue weighted by Gasteiger charge is 2.57. The van der Waals surface area contributed by atoms with E-state index in [1.165, 1.54) is 11.3 Å². The Morgan fingerprint density at radius 2 is 1.87 bits per heavy atom. The summed E-state index contributed by atoms with van der Waals surface area (Å²) in [6, 6.07) is 0. The van der Waals surface area contributed by atoms with Gasteiger partial charge in [0.1, 0.15) is 6.34 Å². The molecule has 1 unspecified atom stereocenters. The van der Waals surface area contributed by atoms with Crippen LogP contribution in [0.3, 0.4) is 0 Å². The van der Waals surface area contributed by atoms with Crippen molar-refractivity contribution in [3.8, 4) is 6.19 Å². The van der Waals surface area contributed by atoms with Gasteiger partial charge >= 0.3 is 0 Å². The molecule has 0 radical (unpaired) electrons. The second-order valence-corrected chi connectivity index (χ2v) is 6.47. The molecule has 9 heteroatoms. The molecule has 0 aromatic carbocycles. The molecule has 84 valence electrons. The Morgan fingerprint density at radius 3 is 2.27 bits per heavy atom. The van der Waals surface area contributed by atoms with Crippen molar-refractivity contribution < 1.29 is 0 Å². The molecule has 0 saturated carbocycles. The Hall–Kier alpha value is 0.210. The number of hydrogen-bond donors (Lipinski definition) is 0. The summed E-state index contributed by atoms with van der Waals surface area (Å²) in [5, 5.41) is 13.9. The van der Waals surface area contributed by atoms with Gasteiger partial charge in [-0.15, -0.1) is 0 Å². The standard InChI is InChI=1S/C6H5Cl5N4/c1-14-4(15(2-12)3-13-14)5(7,8)6(9,10)11/h3-4H,1H3. The molecule has 0 fully saturated rings. The zero-order valence-electron chi connectivity index (χ0n) is 7.33. The molecule has 0 aromatic heterocycles. The molecule has 15 heavy (non-hydrogen) atoms. The quantitative estimate of drug-likeness (QED) is 0.552. The monoisotopic (exact) mass is 308 g/mol. The summed E-state index contributed by atoms with van der Waals surface area (Å²) in [6.45, 7) is 0. The zero-order chi connectivity index (χ0) is 11.9. The number of alkyl halides is 5. The van der Waals surface area contributed by atoms with E-state index in [1.807, 2.05) is 6.19 Å². The number of rotatable bonds is 1. The number of hydrazone groups is 1. The number of halogens is 5. The highest BCUT2D eigenvalue weighted by atomic mass is 35.6. The summed E-state index contributed by atoms with van der Waals surface area (Å²) in [6.07, 6.45) is 2.21. The molecule has 0 saturated heterocycles. The SMILES string of the molecule is CN1N=CN(C#N)C1C(Cl)(Cl)C(Cl)(Cl)Cl. The fourth-order valence-electron chi connectivity index (χ4n) is 1.08. The van der Waals surface area contributed by atoms with Crippen molar-refractivity contribution in [2.75, 3.05) is 7.05 Å². The molecule has 0 bridgehead atoms. The fraction of sp³-hybridized carbons (Fsp3) is 0.667. The first kappa shape index (κ1) is 13.3. The lowest BCUT2D eigenvalue weighted by molar-refractivity contribution is 0.179. The maximum absolute atomic E-state index is 8.79. The molecule has 0 aliphatic carbocycles. The summed E-state index contributed by atoms with van der Waals surface area (Å²) in [4.78, 5) is 1.10.